The number of carbonyl (C=O) groups excluding carboxylic acids is 2. The Morgan fingerprint density at radius 3 is 2.34 bits per heavy atom. The van der Waals surface area contributed by atoms with Gasteiger partial charge in [-0.3, -0.25) is 9.59 Å². The number of anilines is 1. The molecule has 0 spiro atoms. The number of benzene rings is 2. The average Bonchev–Trinajstić information content (AvgIpc) is 3.38. The van der Waals surface area contributed by atoms with Crippen molar-refractivity contribution in [1.82, 2.24) is 9.88 Å². The number of aliphatic hydroxyl groups is 1. The number of hydrogen-bond donors (Lipinski definition) is 3. The molecule has 4 N–H and O–H groups in total. The van der Waals surface area contributed by atoms with E-state index in [2.05, 4.69) is 39.5 Å². The summed E-state index contributed by atoms with van der Waals surface area (Å²) in [5, 5.41) is 13.3. The summed E-state index contributed by atoms with van der Waals surface area (Å²) >= 11 is 0. The summed E-state index contributed by atoms with van der Waals surface area (Å²) in [6.45, 7) is 2.72. The minimum atomic E-state index is -0.703. The summed E-state index contributed by atoms with van der Waals surface area (Å²) in [6.07, 6.45) is 8.97. The molecule has 0 atom stereocenters. The van der Waals surface area contributed by atoms with Crippen LogP contribution in [0.2, 0.25) is 0 Å². The normalized spacial score (nSPS) is 27.9. The second kappa shape index (κ2) is 11.0. The Balaban J connectivity index is 1.15. The number of nitrogens with two attached hydrogens (primary N) is 1. The van der Waals surface area contributed by atoms with Crippen molar-refractivity contribution >= 4 is 17.6 Å². The van der Waals surface area contributed by atoms with Gasteiger partial charge in [0.2, 0.25) is 11.8 Å². The fourth-order valence-electron chi connectivity index (χ4n) is 7.28. The molecule has 1 saturated heterocycles. The molecule has 3 aliphatic rings. The van der Waals surface area contributed by atoms with E-state index in [0.717, 1.165) is 66.5 Å². The third-order valence-electron chi connectivity index (χ3n) is 9.26. The number of likely N-dealkylation sites (tertiary alicyclic amines) is 1. The topological polar surface area (TPSA) is 109 Å². The van der Waals surface area contributed by atoms with Gasteiger partial charge in [-0.15, -0.1) is 0 Å². The molecule has 0 unspecified atom stereocenters. The Labute approximate surface area is 242 Å². The van der Waals surface area contributed by atoms with Crippen molar-refractivity contribution < 1.29 is 14.7 Å². The van der Waals surface area contributed by atoms with Crippen LogP contribution in [0.25, 0.3) is 22.3 Å². The van der Waals surface area contributed by atoms with Crippen molar-refractivity contribution in [2.45, 2.75) is 81.9 Å². The minimum Gasteiger partial charge on any atom is -0.390 e. The first kappa shape index (κ1) is 27.6. The summed E-state index contributed by atoms with van der Waals surface area (Å²) < 4.78 is 0. The molecule has 2 aliphatic carbocycles. The molecule has 6 rings (SSSR count). The van der Waals surface area contributed by atoms with E-state index in [1.54, 1.807) is 0 Å². The number of carbonyl (C=O) groups is 2. The highest BCUT2D eigenvalue weighted by Crippen LogP contribution is 2.46. The van der Waals surface area contributed by atoms with Crippen molar-refractivity contribution in [3.05, 3.63) is 72.4 Å². The van der Waals surface area contributed by atoms with Crippen LogP contribution in [0, 0.1) is 5.92 Å². The van der Waals surface area contributed by atoms with Crippen LogP contribution < -0.4 is 11.1 Å². The molecule has 2 aromatic carbocycles. The lowest BCUT2D eigenvalue weighted by atomic mass is 9.63. The highest BCUT2D eigenvalue weighted by Gasteiger charge is 2.49. The van der Waals surface area contributed by atoms with Gasteiger partial charge in [0.15, 0.2) is 0 Å². The van der Waals surface area contributed by atoms with Crippen LogP contribution >= 0.6 is 0 Å². The number of amides is 2. The molecule has 2 saturated carbocycles. The molecule has 7 heteroatoms. The average molecular weight is 553 g/mol. The van der Waals surface area contributed by atoms with E-state index < -0.39 is 11.1 Å². The van der Waals surface area contributed by atoms with E-state index in [9.17, 15) is 14.7 Å². The van der Waals surface area contributed by atoms with Crippen LogP contribution in [0.5, 0.6) is 0 Å². The molecule has 0 radical (unpaired) electrons. The smallest absolute Gasteiger partial charge is 0.225 e. The summed E-state index contributed by atoms with van der Waals surface area (Å²) in [5.74, 6) is 1.16. The maximum Gasteiger partial charge on any atom is 0.225 e. The molecular weight excluding hydrogens is 512 g/mol. The van der Waals surface area contributed by atoms with Crippen LogP contribution in [0.1, 0.15) is 70.3 Å². The van der Waals surface area contributed by atoms with Gasteiger partial charge in [-0.25, -0.2) is 4.98 Å². The summed E-state index contributed by atoms with van der Waals surface area (Å²) in [5.41, 5.74) is 10.4. The zero-order chi connectivity index (χ0) is 28.6. The van der Waals surface area contributed by atoms with Gasteiger partial charge >= 0.3 is 0 Å². The highest BCUT2D eigenvalue weighted by molar-refractivity contribution is 5.92. The first-order valence-corrected chi connectivity index (χ1v) is 15.0. The number of aromatic nitrogens is 1. The zero-order valence-electron chi connectivity index (χ0n) is 23.8. The minimum absolute atomic E-state index is 0.0149. The Morgan fingerprint density at radius 2 is 1.71 bits per heavy atom. The predicted molar refractivity (Wildman–Crippen MR) is 161 cm³/mol. The van der Waals surface area contributed by atoms with E-state index in [4.69, 9.17) is 5.73 Å². The number of hydrogen-bond acceptors (Lipinski definition) is 5. The Bertz CT molecular complexity index is 1400. The Kier molecular flexibility index (Phi) is 7.43. The summed E-state index contributed by atoms with van der Waals surface area (Å²) in [7, 11) is 0. The molecule has 2 amide bonds. The third kappa shape index (κ3) is 5.92. The number of nitrogens with zero attached hydrogens (tertiary/aromatic N) is 2. The molecular formula is C34H40N4O3. The lowest BCUT2D eigenvalue weighted by molar-refractivity contribution is -0.130. The Morgan fingerprint density at radius 1 is 1.02 bits per heavy atom. The quantitative estimate of drug-likeness (QED) is 0.352. The molecule has 1 aliphatic heterocycles. The largest absolute Gasteiger partial charge is 0.390 e. The zero-order valence-corrected chi connectivity index (χ0v) is 23.8. The lowest BCUT2D eigenvalue weighted by Crippen LogP contribution is -2.58. The van der Waals surface area contributed by atoms with Crippen LogP contribution in [0.15, 0.2) is 66.9 Å². The van der Waals surface area contributed by atoms with Gasteiger partial charge in [0.1, 0.15) is 5.82 Å². The van der Waals surface area contributed by atoms with Gasteiger partial charge in [-0.1, -0.05) is 54.6 Å². The molecule has 0 bridgehead atoms. The van der Waals surface area contributed by atoms with E-state index in [1.165, 1.54) is 0 Å². The lowest BCUT2D eigenvalue weighted by Gasteiger charge is -2.49. The van der Waals surface area contributed by atoms with Gasteiger partial charge in [0, 0.05) is 42.7 Å². The SMILES string of the molecule is C[C@]1(O)C[C@@](N)(c2ccc(-c3cnc(NC(=O)CC4CCC(N5CCCC5=O)CC4)cc3-c3ccccc3)cc2)C1. The van der Waals surface area contributed by atoms with E-state index in [-0.39, 0.29) is 5.91 Å². The van der Waals surface area contributed by atoms with Crippen molar-refractivity contribution in [1.29, 1.82) is 0 Å². The van der Waals surface area contributed by atoms with Crippen molar-refractivity contribution in [3.63, 3.8) is 0 Å². The van der Waals surface area contributed by atoms with Gasteiger partial charge in [0.05, 0.1) is 5.60 Å². The fourth-order valence-corrected chi connectivity index (χ4v) is 7.28. The fraction of sp³-hybridized carbons (Fsp3) is 0.441. The molecule has 2 heterocycles. The number of nitrogens with one attached hydrogen (secondary N) is 1. The van der Waals surface area contributed by atoms with Crippen LogP contribution in [0.3, 0.4) is 0 Å². The van der Waals surface area contributed by atoms with Gasteiger partial charge < -0.3 is 21.1 Å². The molecule has 3 fully saturated rings. The molecule has 7 nitrogen and oxygen atoms in total. The summed E-state index contributed by atoms with van der Waals surface area (Å²) in [4.78, 5) is 31.8. The first-order valence-electron chi connectivity index (χ1n) is 15.0. The number of pyridine rings is 1. The van der Waals surface area contributed by atoms with Crippen molar-refractivity contribution in [2.75, 3.05) is 11.9 Å². The van der Waals surface area contributed by atoms with Crippen LogP contribution in [-0.4, -0.2) is 45.0 Å². The first-order chi connectivity index (χ1) is 19.7. The second-order valence-electron chi connectivity index (χ2n) is 12.7. The van der Waals surface area contributed by atoms with E-state index in [1.807, 2.05) is 49.5 Å². The molecule has 214 valence electrons. The maximum absolute atomic E-state index is 13.0. The third-order valence-corrected chi connectivity index (χ3v) is 9.26. The standard InChI is InChI=1S/C34H40N4O3/c1-33(41)21-34(35,22-33)26-13-11-25(12-14-26)29-20-36-30(19-28(29)24-6-3-2-4-7-24)37-31(39)18-23-9-15-27(16-10-23)38-17-5-8-32(38)40/h2-4,6-7,11-14,19-20,23,27,41H,5,8-10,15-18,21-22,35H2,1H3,(H,36,37,39)/t23?,27?,33-,34-. The van der Waals surface area contributed by atoms with E-state index >= 15 is 0 Å². The maximum atomic E-state index is 13.0. The van der Waals surface area contributed by atoms with Crippen molar-refractivity contribution in [3.8, 4) is 22.3 Å². The van der Waals surface area contributed by atoms with Gasteiger partial charge in [-0.05, 0) is 86.1 Å². The Hall–Kier alpha value is -3.55. The van der Waals surface area contributed by atoms with Gasteiger partial charge in [0.25, 0.3) is 0 Å². The molecule has 41 heavy (non-hydrogen) atoms. The summed E-state index contributed by atoms with van der Waals surface area (Å²) in [6, 6.07) is 20.6. The number of rotatable bonds is 7. The van der Waals surface area contributed by atoms with Crippen LogP contribution in [-0.2, 0) is 15.1 Å². The van der Waals surface area contributed by atoms with Gasteiger partial charge in [-0.2, -0.15) is 0 Å². The highest BCUT2D eigenvalue weighted by atomic mass is 16.3. The molecule has 3 aromatic rings. The second-order valence-corrected chi connectivity index (χ2v) is 12.7. The van der Waals surface area contributed by atoms with Crippen molar-refractivity contribution in [2.24, 2.45) is 11.7 Å². The monoisotopic (exact) mass is 552 g/mol. The predicted octanol–water partition coefficient (Wildman–Crippen LogP) is 5.62. The molecule has 1 aromatic heterocycles. The van der Waals surface area contributed by atoms with Crippen LogP contribution in [0.4, 0.5) is 5.82 Å². The van der Waals surface area contributed by atoms with E-state index in [0.29, 0.717) is 49.4 Å².